The van der Waals surface area contributed by atoms with Gasteiger partial charge in [0.05, 0.1) is 6.04 Å². The van der Waals surface area contributed by atoms with E-state index in [1.807, 2.05) is 12.1 Å². The Hall–Kier alpha value is -1.65. The van der Waals surface area contributed by atoms with E-state index in [4.69, 9.17) is 4.42 Å². The highest BCUT2D eigenvalue weighted by Gasteiger charge is 2.18. The second-order valence-electron chi connectivity index (χ2n) is 5.10. The molecular weight excluding hydrogens is 285 g/mol. The fourth-order valence-electron chi connectivity index (χ4n) is 2.44. The van der Waals surface area contributed by atoms with E-state index in [1.54, 1.807) is 17.4 Å². The van der Waals surface area contributed by atoms with E-state index in [0.29, 0.717) is 5.58 Å². The van der Waals surface area contributed by atoms with Gasteiger partial charge in [0.25, 0.3) is 0 Å². The molecule has 1 unspecified atom stereocenters. The molecule has 0 bridgehead atoms. The molecule has 0 aliphatic rings. The van der Waals surface area contributed by atoms with Crippen molar-refractivity contribution in [3.05, 3.63) is 58.2 Å². The van der Waals surface area contributed by atoms with Crippen molar-refractivity contribution in [1.29, 1.82) is 0 Å². The lowest BCUT2D eigenvalue weighted by atomic mass is 10.1. The minimum Gasteiger partial charge on any atom is -0.456 e. The summed E-state index contributed by atoms with van der Waals surface area (Å²) >= 11 is 1.73. The highest BCUT2D eigenvalue weighted by Crippen LogP contribution is 2.28. The molecule has 2 nitrogen and oxygen atoms in total. The molecule has 0 aliphatic heterocycles. The van der Waals surface area contributed by atoms with Gasteiger partial charge in [0, 0.05) is 16.7 Å². The van der Waals surface area contributed by atoms with Crippen LogP contribution in [0.25, 0.3) is 11.0 Å². The number of halogens is 1. The SMILES string of the molecule is CCCNC(Cc1cccs1)c1cc2cccc(F)c2o1. The summed E-state index contributed by atoms with van der Waals surface area (Å²) in [6, 6.07) is 11.2. The lowest BCUT2D eigenvalue weighted by Crippen LogP contribution is -2.23. The number of hydrogen-bond acceptors (Lipinski definition) is 3. The third kappa shape index (κ3) is 3.17. The minimum absolute atomic E-state index is 0.0791. The molecule has 1 N–H and O–H groups in total. The third-order valence-electron chi connectivity index (χ3n) is 3.48. The molecule has 0 amide bonds. The molecule has 0 saturated heterocycles. The number of thiophene rings is 1. The van der Waals surface area contributed by atoms with Crippen molar-refractivity contribution in [3.63, 3.8) is 0 Å². The molecule has 0 saturated carbocycles. The largest absolute Gasteiger partial charge is 0.456 e. The summed E-state index contributed by atoms with van der Waals surface area (Å²) in [5.74, 6) is 0.501. The zero-order valence-corrected chi connectivity index (χ0v) is 12.8. The van der Waals surface area contributed by atoms with Gasteiger partial charge in [0.2, 0.25) is 0 Å². The Morgan fingerprint density at radius 2 is 2.19 bits per heavy atom. The van der Waals surface area contributed by atoms with Gasteiger partial charge < -0.3 is 9.73 Å². The Bertz CT molecular complexity index is 705. The number of benzene rings is 1. The van der Waals surface area contributed by atoms with Crippen molar-refractivity contribution < 1.29 is 8.81 Å². The second kappa shape index (κ2) is 6.41. The maximum atomic E-state index is 13.8. The number of furan rings is 1. The summed E-state index contributed by atoms with van der Waals surface area (Å²) in [4.78, 5) is 1.30. The van der Waals surface area contributed by atoms with Crippen LogP contribution in [0.4, 0.5) is 4.39 Å². The number of hydrogen-bond donors (Lipinski definition) is 1. The molecule has 2 aromatic heterocycles. The van der Waals surface area contributed by atoms with Gasteiger partial charge in [0.15, 0.2) is 11.4 Å². The van der Waals surface area contributed by atoms with Crippen molar-refractivity contribution in [3.8, 4) is 0 Å². The standard InChI is InChI=1S/C17H18FNOS/c1-2-8-19-15(11-13-6-4-9-21-13)16-10-12-5-3-7-14(18)17(12)20-16/h3-7,9-10,15,19H,2,8,11H2,1H3. The predicted octanol–water partition coefficient (Wildman–Crippen LogP) is 4.92. The quantitative estimate of drug-likeness (QED) is 0.699. The fraction of sp³-hybridized carbons (Fsp3) is 0.294. The zero-order chi connectivity index (χ0) is 14.7. The van der Waals surface area contributed by atoms with E-state index in [2.05, 4.69) is 29.8 Å². The summed E-state index contributed by atoms with van der Waals surface area (Å²) in [6.45, 7) is 3.04. The highest BCUT2D eigenvalue weighted by atomic mass is 32.1. The van der Waals surface area contributed by atoms with Gasteiger partial charge in [-0.15, -0.1) is 11.3 Å². The van der Waals surface area contributed by atoms with Gasteiger partial charge in [-0.1, -0.05) is 25.1 Å². The number of rotatable bonds is 6. The van der Waals surface area contributed by atoms with Crippen LogP contribution in [0.15, 0.2) is 46.2 Å². The Balaban J connectivity index is 1.91. The van der Waals surface area contributed by atoms with E-state index >= 15 is 0 Å². The molecule has 3 rings (SSSR count). The van der Waals surface area contributed by atoms with Crippen molar-refractivity contribution in [2.45, 2.75) is 25.8 Å². The van der Waals surface area contributed by atoms with Crippen LogP contribution in [-0.2, 0) is 6.42 Å². The normalized spacial score (nSPS) is 12.9. The summed E-state index contributed by atoms with van der Waals surface area (Å²) < 4.78 is 19.6. The molecule has 21 heavy (non-hydrogen) atoms. The Kier molecular flexibility index (Phi) is 4.36. The zero-order valence-electron chi connectivity index (χ0n) is 11.9. The Labute approximate surface area is 127 Å². The number of nitrogens with one attached hydrogen (secondary N) is 1. The first kappa shape index (κ1) is 14.3. The van der Waals surface area contributed by atoms with Gasteiger partial charge in [-0.05, 0) is 36.5 Å². The molecule has 0 aliphatic carbocycles. The van der Waals surface area contributed by atoms with E-state index < -0.39 is 0 Å². The van der Waals surface area contributed by atoms with Gasteiger partial charge in [0.1, 0.15) is 5.76 Å². The second-order valence-corrected chi connectivity index (χ2v) is 6.13. The minimum atomic E-state index is -0.302. The van der Waals surface area contributed by atoms with Crippen LogP contribution >= 0.6 is 11.3 Å². The number of para-hydroxylation sites is 1. The first-order chi connectivity index (χ1) is 10.3. The van der Waals surface area contributed by atoms with Crippen LogP contribution in [0.2, 0.25) is 0 Å². The van der Waals surface area contributed by atoms with E-state index in [9.17, 15) is 4.39 Å². The molecular formula is C17H18FNOS. The summed E-state index contributed by atoms with van der Waals surface area (Å²) in [7, 11) is 0. The Morgan fingerprint density at radius 1 is 1.29 bits per heavy atom. The Morgan fingerprint density at radius 3 is 2.90 bits per heavy atom. The van der Waals surface area contributed by atoms with Crippen LogP contribution in [0.1, 0.15) is 30.0 Å². The van der Waals surface area contributed by atoms with Crippen molar-refractivity contribution in [2.24, 2.45) is 0 Å². The van der Waals surface area contributed by atoms with Crippen molar-refractivity contribution >= 4 is 22.3 Å². The van der Waals surface area contributed by atoms with Gasteiger partial charge in [-0.25, -0.2) is 4.39 Å². The average molecular weight is 303 g/mol. The maximum absolute atomic E-state index is 13.8. The molecule has 0 radical (unpaired) electrons. The van der Waals surface area contributed by atoms with Crippen LogP contribution in [0, 0.1) is 5.82 Å². The van der Waals surface area contributed by atoms with Gasteiger partial charge in [-0.2, -0.15) is 0 Å². The molecule has 3 aromatic rings. The predicted molar refractivity (Wildman–Crippen MR) is 85.2 cm³/mol. The molecule has 0 fully saturated rings. The maximum Gasteiger partial charge on any atom is 0.169 e. The lowest BCUT2D eigenvalue weighted by Gasteiger charge is -2.15. The fourth-order valence-corrected chi connectivity index (χ4v) is 3.19. The summed E-state index contributed by atoms with van der Waals surface area (Å²) in [6.07, 6.45) is 1.91. The van der Waals surface area contributed by atoms with Crippen LogP contribution < -0.4 is 5.32 Å². The summed E-state index contributed by atoms with van der Waals surface area (Å²) in [5.41, 5.74) is 0.349. The molecule has 4 heteroatoms. The first-order valence-electron chi connectivity index (χ1n) is 7.21. The van der Waals surface area contributed by atoms with Gasteiger partial charge >= 0.3 is 0 Å². The lowest BCUT2D eigenvalue weighted by molar-refractivity contribution is 0.422. The van der Waals surface area contributed by atoms with Crippen molar-refractivity contribution in [1.82, 2.24) is 5.32 Å². The van der Waals surface area contributed by atoms with E-state index in [1.165, 1.54) is 10.9 Å². The van der Waals surface area contributed by atoms with Crippen LogP contribution in [0.5, 0.6) is 0 Å². The molecule has 1 aromatic carbocycles. The highest BCUT2D eigenvalue weighted by molar-refractivity contribution is 7.09. The molecule has 0 spiro atoms. The van der Waals surface area contributed by atoms with Crippen LogP contribution in [-0.4, -0.2) is 6.54 Å². The topological polar surface area (TPSA) is 25.2 Å². The monoisotopic (exact) mass is 303 g/mol. The third-order valence-corrected chi connectivity index (χ3v) is 4.38. The first-order valence-corrected chi connectivity index (χ1v) is 8.09. The summed E-state index contributed by atoms with van der Waals surface area (Å²) in [5, 5.41) is 6.39. The molecule has 110 valence electrons. The van der Waals surface area contributed by atoms with E-state index in [-0.39, 0.29) is 11.9 Å². The smallest absolute Gasteiger partial charge is 0.169 e. The molecule has 2 heterocycles. The average Bonchev–Trinajstić information content (AvgIpc) is 3.13. The number of fused-ring (bicyclic) bond motifs is 1. The van der Waals surface area contributed by atoms with Gasteiger partial charge in [-0.3, -0.25) is 0 Å². The molecule has 1 atom stereocenters. The van der Waals surface area contributed by atoms with Crippen molar-refractivity contribution in [2.75, 3.05) is 6.54 Å². The van der Waals surface area contributed by atoms with E-state index in [0.717, 1.165) is 30.5 Å². The van der Waals surface area contributed by atoms with Crippen LogP contribution in [0.3, 0.4) is 0 Å².